The van der Waals surface area contributed by atoms with Crippen LogP contribution in [0.3, 0.4) is 0 Å². The average Bonchev–Trinajstić information content (AvgIpc) is 2.78. The monoisotopic (exact) mass is 287 g/mol. The normalized spacial score (nSPS) is 21.7. The summed E-state index contributed by atoms with van der Waals surface area (Å²) >= 11 is 0. The van der Waals surface area contributed by atoms with Gasteiger partial charge in [-0.2, -0.15) is 0 Å². The van der Waals surface area contributed by atoms with Crippen molar-refractivity contribution in [2.45, 2.75) is 25.3 Å². The highest BCUT2D eigenvalue weighted by Gasteiger charge is 2.40. The molecule has 0 aromatic heterocycles. The quantitative estimate of drug-likeness (QED) is 0.679. The second-order valence-corrected chi connectivity index (χ2v) is 4.41. The number of benzene rings is 1. The molecular weight excluding hydrogens is 275 g/mol. The van der Waals surface area contributed by atoms with Crippen LogP contribution in [0.5, 0.6) is 0 Å². The molecule has 1 aromatic carbocycles. The first-order valence-electron chi connectivity index (χ1n) is 6.04. The van der Waals surface area contributed by atoms with Crippen LogP contribution < -0.4 is 5.32 Å². The van der Waals surface area contributed by atoms with Gasteiger partial charge in [-0.25, -0.2) is 18.0 Å². The summed E-state index contributed by atoms with van der Waals surface area (Å²) in [6.45, 7) is 1.71. The summed E-state index contributed by atoms with van der Waals surface area (Å²) in [5.74, 6) is -6.21. The Balaban J connectivity index is 2.34. The first-order valence-corrected chi connectivity index (χ1v) is 6.04. The Bertz CT molecular complexity index is 539. The topological polar surface area (TPSA) is 55.4 Å². The standard InChI is InChI=1S/C13H12F3NO3/c1-2-20-13(19)12-7(5-10(18)17-12)6-3-8(14)11(16)9(15)4-6/h3-4,7,12H,2,5H2,1H3,(H,17,18). The smallest absolute Gasteiger partial charge is 0.329 e. The zero-order valence-electron chi connectivity index (χ0n) is 10.6. The molecule has 1 N–H and O–H groups in total. The lowest BCUT2D eigenvalue weighted by Gasteiger charge is -2.17. The number of nitrogens with one attached hydrogen (secondary N) is 1. The fourth-order valence-electron chi connectivity index (χ4n) is 2.21. The third kappa shape index (κ3) is 2.61. The summed E-state index contributed by atoms with van der Waals surface area (Å²) in [6.07, 6.45) is -0.117. The van der Waals surface area contributed by atoms with E-state index in [9.17, 15) is 22.8 Å². The van der Waals surface area contributed by atoms with Gasteiger partial charge in [0.05, 0.1) is 6.61 Å². The van der Waals surface area contributed by atoms with Gasteiger partial charge >= 0.3 is 5.97 Å². The van der Waals surface area contributed by atoms with Gasteiger partial charge in [0.15, 0.2) is 17.5 Å². The van der Waals surface area contributed by atoms with Crippen LogP contribution in [-0.2, 0) is 14.3 Å². The van der Waals surface area contributed by atoms with Crippen LogP contribution in [0.15, 0.2) is 12.1 Å². The maximum atomic E-state index is 13.2. The molecule has 0 saturated carbocycles. The van der Waals surface area contributed by atoms with Gasteiger partial charge in [0, 0.05) is 12.3 Å². The molecule has 2 rings (SSSR count). The van der Waals surface area contributed by atoms with Crippen molar-refractivity contribution in [2.75, 3.05) is 6.61 Å². The predicted molar refractivity (Wildman–Crippen MR) is 62.2 cm³/mol. The molecule has 2 unspecified atom stereocenters. The van der Waals surface area contributed by atoms with Crippen LogP contribution in [0.4, 0.5) is 13.2 Å². The molecule has 7 heteroatoms. The molecular formula is C13H12F3NO3. The summed E-state index contributed by atoms with van der Waals surface area (Å²) < 4.78 is 44.2. The minimum absolute atomic E-state index is 0.0396. The Kier molecular flexibility index (Phi) is 3.96. The van der Waals surface area contributed by atoms with Gasteiger partial charge in [-0.05, 0) is 24.6 Å². The molecule has 0 radical (unpaired) electrons. The molecule has 1 fully saturated rings. The van der Waals surface area contributed by atoms with Gasteiger partial charge in [-0.1, -0.05) is 0 Å². The fourth-order valence-corrected chi connectivity index (χ4v) is 2.21. The van der Waals surface area contributed by atoms with Crippen molar-refractivity contribution < 1.29 is 27.5 Å². The number of hydrogen-bond donors (Lipinski definition) is 1. The summed E-state index contributed by atoms with van der Waals surface area (Å²) in [5, 5.41) is 2.39. The van der Waals surface area contributed by atoms with Gasteiger partial charge in [0.1, 0.15) is 6.04 Å². The van der Waals surface area contributed by atoms with Crippen LogP contribution in [0.2, 0.25) is 0 Å². The minimum Gasteiger partial charge on any atom is -0.464 e. The van der Waals surface area contributed by atoms with E-state index < -0.39 is 41.3 Å². The minimum atomic E-state index is -1.58. The number of hydrogen-bond acceptors (Lipinski definition) is 3. The van der Waals surface area contributed by atoms with Crippen molar-refractivity contribution >= 4 is 11.9 Å². The van der Waals surface area contributed by atoms with E-state index in [2.05, 4.69) is 5.32 Å². The Morgan fingerprint density at radius 1 is 1.35 bits per heavy atom. The van der Waals surface area contributed by atoms with Crippen LogP contribution >= 0.6 is 0 Å². The van der Waals surface area contributed by atoms with Crippen LogP contribution in [0.25, 0.3) is 0 Å². The highest BCUT2D eigenvalue weighted by Crippen LogP contribution is 2.31. The summed E-state index contributed by atoms with van der Waals surface area (Å²) in [6, 6.07) is 0.553. The molecule has 20 heavy (non-hydrogen) atoms. The molecule has 0 spiro atoms. The summed E-state index contributed by atoms with van der Waals surface area (Å²) in [4.78, 5) is 23.1. The first kappa shape index (κ1) is 14.4. The first-order chi connectivity index (χ1) is 9.43. The van der Waals surface area contributed by atoms with Crippen LogP contribution in [-0.4, -0.2) is 24.5 Å². The summed E-state index contributed by atoms with van der Waals surface area (Å²) in [7, 11) is 0. The molecule has 2 atom stereocenters. The maximum Gasteiger partial charge on any atom is 0.329 e. The van der Waals surface area contributed by atoms with Crippen molar-refractivity contribution in [1.82, 2.24) is 5.32 Å². The molecule has 0 bridgehead atoms. The van der Waals surface area contributed by atoms with Crippen molar-refractivity contribution in [3.63, 3.8) is 0 Å². The van der Waals surface area contributed by atoms with Gasteiger partial charge in [0.2, 0.25) is 5.91 Å². The largest absolute Gasteiger partial charge is 0.464 e. The molecule has 4 nitrogen and oxygen atoms in total. The van der Waals surface area contributed by atoms with Gasteiger partial charge in [0.25, 0.3) is 0 Å². The molecule has 0 aliphatic carbocycles. The van der Waals surface area contributed by atoms with Crippen LogP contribution in [0, 0.1) is 17.5 Å². The molecule has 1 heterocycles. The Labute approximate surface area is 112 Å². The maximum absolute atomic E-state index is 13.2. The highest BCUT2D eigenvalue weighted by atomic mass is 19.2. The van der Waals surface area contributed by atoms with Crippen molar-refractivity contribution in [1.29, 1.82) is 0 Å². The lowest BCUT2D eigenvalue weighted by Crippen LogP contribution is -2.37. The molecule has 1 aliphatic rings. The predicted octanol–water partition coefficient (Wildman–Crippen LogP) is 1.64. The zero-order valence-corrected chi connectivity index (χ0v) is 10.6. The van der Waals surface area contributed by atoms with E-state index in [1.165, 1.54) is 0 Å². The van der Waals surface area contributed by atoms with E-state index in [-0.39, 0.29) is 18.6 Å². The number of carbonyl (C=O) groups excluding carboxylic acids is 2. The third-order valence-corrected chi connectivity index (χ3v) is 3.10. The number of halogens is 3. The fraction of sp³-hybridized carbons (Fsp3) is 0.385. The van der Waals surface area contributed by atoms with Crippen molar-refractivity contribution in [3.05, 3.63) is 35.1 Å². The lowest BCUT2D eigenvalue weighted by atomic mass is 9.91. The van der Waals surface area contributed by atoms with E-state index in [4.69, 9.17) is 4.74 Å². The molecule has 1 aliphatic heterocycles. The zero-order chi connectivity index (χ0) is 14.9. The van der Waals surface area contributed by atoms with E-state index >= 15 is 0 Å². The number of rotatable bonds is 3. The number of carbonyl (C=O) groups is 2. The molecule has 1 amide bonds. The highest BCUT2D eigenvalue weighted by molar-refractivity contribution is 5.90. The van der Waals surface area contributed by atoms with Gasteiger partial charge in [-0.3, -0.25) is 4.79 Å². The van der Waals surface area contributed by atoms with E-state index in [0.717, 1.165) is 12.1 Å². The van der Waals surface area contributed by atoms with Gasteiger partial charge < -0.3 is 10.1 Å². The Hall–Kier alpha value is -2.05. The van der Waals surface area contributed by atoms with E-state index in [1.54, 1.807) is 6.92 Å². The SMILES string of the molecule is CCOC(=O)C1NC(=O)CC1c1cc(F)c(F)c(F)c1. The number of amides is 1. The van der Waals surface area contributed by atoms with Gasteiger partial charge in [-0.15, -0.1) is 0 Å². The number of ether oxygens (including phenoxy) is 1. The average molecular weight is 287 g/mol. The summed E-state index contributed by atoms with van der Waals surface area (Å²) in [5.41, 5.74) is 0.0396. The van der Waals surface area contributed by atoms with Crippen LogP contribution in [0.1, 0.15) is 24.8 Å². The second-order valence-electron chi connectivity index (χ2n) is 4.41. The number of esters is 1. The second kappa shape index (κ2) is 5.52. The van der Waals surface area contributed by atoms with E-state index in [0.29, 0.717) is 0 Å². The molecule has 1 aromatic rings. The van der Waals surface area contributed by atoms with Crippen molar-refractivity contribution in [3.8, 4) is 0 Å². The molecule has 108 valence electrons. The Morgan fingerprint density at radius 3 is 2.50 bits per heavy atom. The van der Waals surface area contributed by atoms with Crippen molar-refractivity contribution in [2.24, 2.45) is 0 Å². The Morgan fingerprint density at radius 2 is 1.95 bits per heavy atom. The molecule has 1 saturated heterocycles. The van der Waals surface area contributed by atoms with E-state index in [1.807, 2.05) is 0 Å². The lowest BCUT2D eigenvalue weighted by molar-refractivity contribution is -0.146. The third-order valence-electron chi connectivity index (χ3n) is 3.10.